The molecule has 1 aromatic carbocycles. The van der Waals surface area contributed by atoms with Crippen LogP contribution in [0, 0.1) is 0 Å². The van der Waals surface area contributed by atoms with Crippen molar-refractivity contribution in [2.75, 3.05) is 0 Å². The number of benzene rings is 1. The Kier molecular flexibility index (Phi) is 3.63. The largest absolute Gasteiger partial charge is 0.433 e. The van der Waals surface area contributed by atoms with Gasteiger partial charge in [0.15, 0.2) is 11.3 Å². The molecule has 24 heavy (non-hydrogen) atoms. The van der Waals surface area contributed by atoms with Crippen LogP contribution in [0.2, 0.25) is 0 Å². The fourth-order valence-corrected chi connectivity index (χ4v) is 3.47. The van der Waals surface area contributed by atoms with E-state index in [-0.39, 0.29) is 5.65 Å². The van der Waals surface area contributed by atoms with Crippen molar-refractivity contribution in [3.8, 4) is 11.3 Å². The van der Waals surface area contributed by atoms with Crippen molar-refractivity contribution < 1.29 is 13.2 Å². The van der Waals surface area contributed by atoms with Crippen LogP contribution in [0.1, 0.15) is 29.8 Å². The highest BCUT2D eigenvalue weighted by Gasteiger charge is 2.39. The molecule has 2 heterocycles. The molecule has 0 radical (unpaired) electrons. The Morgan fingerprint density at radius 2 is 1.75 bits per heavy atom. The molecule has 0 unspecified atom stereocenters. The summed E-state index contributed by atoms with van der Waals surface area (Å²) in [6.45, 7) is 0. The standard InChI is InChI=1S/C17H13BrF3N3/c18-11-7-5-10(6-8-11)14-9-15-22-13-4-2-1-3-12(13)16(17(19,20)21)24(15)23-14/h5-9H,1-4H2. The third-order valence-electron chi connectivity index (χ3n) is 4.28. The van der Waals surface area contributed by atoms with Gasteiger partial charge in [-0.05, 0) is 37.8 Å². The monoisotopic (exact) mass is 395 g/mol. The zero-order chi connectivity index (χ0) is 16.9. The lowest BCUT2D eigenvalue weighted by Gasteiger charge is -2.20. The first-order chi connectivity index (χ1) is 11.4. The first-order valence-corrected chi connectivity index (χ1v) is 8.47. The van der Waals surface area contributed by atoms with Crippen LogP contribution in [0.4, 0.5) is 13.2 Å². The second kappa shape index (κ2) is 5.58. The first-order valence-electron chi connectivity index (χ1n) is 7.68. The van der Waals surface area contributed by atoms with Crippen molar-refractivity contribution in [3.05, 3.63) is 51.8 Å². The summed E-state index contributed by atoms with van der Waals surface area (Å²) < 4.78 is 42.9. The quantitative estimate of drug-likeness (QED) is 0.576. The van der Waals surface area contributed by atoms with E-state index in [2.05, 4.69) is 26.0 Å². The van der Waals surface area contributed by atoms with Gasteiger partial charge in [-0.1, -0.05) is 28.1 Å². The van der Waals surface area contributed by atoms with Crippen LogP contribution in [0.3, 0.4) is 0 Å². The van der Waals surface area contributed by atoms with Crippen LogP contribution < -0.4 is 0 Å². The van der Waals surface area contributed by atoms with E-state index in [9.17, 15) is 13.2 Å². The number of hydrogen-bond donors (Lipinski definition) is 0. The van der Waals surface area contributed by atoms with Crippen LogP contribution in [-0.4, -0.2) is 14.6 Å². The second-order valence-corrected chi connectivity index (χ2v) is 6.81. The van der Waals surface area contributed by atoms with E-state index in [4.69, 9.17) is 0 Å². The molecule has 0 saturated heterocycles. The predicted molar refractivity (Wildman–Crippen MR) is 87.8 cm³/mol. The van der Waals surface area contributed by atoms with Gasteiger partial charge in [-0.25, -0.2) is 9.50 Å². The van der Waals surface area contributed by atoms with Gasteiger partial charge >= 0.3 is 6.18 Å². The zero-order valence-electron chi connectivity index (χ0n) is 12.6. The van der Waals surface area contributed by atoms with E-state index in [1.165, 1.54) is 0 Å². The minimum Gasteiger partial charge on any atom is -0.233 e. The summed E-state index contributed by atoms with van der Waals surface area (Å²) in [7, 11) is 0. The van der Waals surface area contributed by atoms with E-state index in [1.54, 1.807) is 6.07 Å². The third-order valence-corrected chi connectivity index (χ3v) is 4.81. The molecule has 0 fully saturated rings. The van der Waals surface area contributed by atoms with Crippen LogP contribution in [0.5, 0.6) is 0 Å². The summed E-state index contributed by atoms with van der Waals surface area (Å²) in [6, 6.07) is 8.93. The Bertz CT molecular complexity index is 913. The van der Waals surface area contributed by atoms with E-state index in [1.807, 2.05) is 24.3 Å². The number of halogens is 4. The zero-order valence-corrected chi connectivity index (χ0v) is 14.2. The molecule has 0 amide bonds. The number of aromatic nitrogens is 3. The fraction of sp³-hybridized carbons (Fsp3) is 0.294. The Labute approximate surface area is 144 Å². The molecular formula is C17H13BrF3N3. The van der Waals surface area contributed by atoms with Gasteiger partial charge < -0.3 is 0 Å². The topological polar surface area (TPSA) is 30.2 Å². The molecule has 3 nitrogen and oxygen atoms in total. The second-order valence-electron chi connectivity index (χ2n) is 5.90. The van der Waals surface area contributed by atoms with E-state index >= 15 is 0 Å². The maximum Gasteiger partial charge on any atom is 0.433 e. The molecule has 7 heteroatoms. The smallest absolute Gasteiger partial charge is 0.233 e. The van der Waals surface area contributed by atoms with Gasteiger partial charge in [-0.2, -0.15) is 18.3 Å². The molecule has 0 N–H and O–H groups in total. The van der Waals surface area contributed by atoms with Crippen LogP contribution in [0.25, 0.3) is 16.9 Å². The normalized spacial score (nSPS) is 14.8. The SMILES string of the molecule is FC(F)(F)c1c2c(nc3cc(-c4ccc(Br)cc4)nn13)CCCC2. The van der Waals surface area contributed by atoms with Crippen molar-refractivity contribution in [2.45, 2.75) is 31.9 Å². The highest BCUT2D eigenvalue weighted by atomic mass is 79.9. The summed E-state index contributed by atoms with van der Waals surface area (Å²) >= 11 is 3.35. The number of rotatable bonds is 1. The highest BCUT2D eigenvalue weighted by Crippen LogP contribution is 2.37. The van der Waals surface area contributed by atoms with Crippen molar-refractivity contribution in [1.82, 2.24) is 14.6 Å². The summed E-state index contributed by atoms with van der Waals surface area (Å²) in [4.78, 5) is 4.44. The van der Waals surface area contributed by atoms with Gasteiger partial charge in [-0.15, -0.1) is 0 Å². The number of aryl methyl sites for hydroxylation is 1. The Balaban J connectivity index is 1.97. The van der Waals surface area contributed by atoms with Gasteiger partial charge in [0.25, 0.3) is 0 Å². The lowest BCUT2D eigenvalue weighted by molar-refractivity contribution is -0.143. The van der Waals surface area contributed by atoms with Gasteiger partial charge in [0.1, 0.15) is 0 Å². The Hall–Kier alpha value is -1.89. The molecule has 0 spiro atoms. The van der Waals surface area contributed by atoms with Gasteiger partial charge in [0, 0.05) is 27.4 Å². The molecule has 1 aliphatic rings. The van der Waals surface area contributed by atoms with Crippen molar-refractivity contribution in [1.29, 1.82) is 0 Å². The van der Waals surface area contributed by atoms with Crippen molar-refractivity contribution in [3.63, 3.8) is 0 Å². The van der Waals surface area contributed by atoms with E-state index < -0.39 is 11.9 Å². The molecule has 3 aromatic rings. The van der Waals surface area contributed by atoms with E-state index in [0.717, 1.165) is 27.4 Å². The Morgan fingerprint density at radius 3 is 2.46 bits per heavy atom. The summed E-state index contributed by atoms with van der Waals surface area (Å²) in [5, 5.41) is 4.21. The molecule has 124 valence electrons. The molecule has 0 aliphatic heterocycles. The number of nitrogens with zero attached hydrogens (tertiary/aromatic N) is 3. The predicted octanol–water partition coefficient (Wildman–Crippen LogP) is 5.06. The van der Waals surface area contributed by atoms with Crippen LogP contribution in [0.15, 0.2) is 34.8 Å². The fourth-order valence-electron chi connectivity index (χ4n) is 3.20. The third kappa shape index (κ3) is 2.60. The lowest BCUT2D eigenvalue weighted by atomic mass is 9.94. The number of fused-ring (bicyclic) bond motifs is 2. The number of alkyl halides is 3. The van der Waals surface area contributed by atoms with Gasteiger partial charge in [0.2, 0.25) is 0 Å². The summed E-state index contributed by atoms with van der Waals surface area (Å²) in [5.41, 5.74) is 1.68. The molecule has 0 atom stereocenters. The van der Waals surface area contributed by atoms with Gasteiger partial charge in [-0.3, -0.25) is 0 Å². The molecular weight excluding hydrogens is 383 g/mol. The highest BCUT2D eigenvalue weighted by molar-refractivity contribution is 9.10. The Morgan fingerprint density at radius 1 is 1.04 bits per heavy atom. The number of hydrogen-bond acceptors (Lipinski definition) is 2. The minimum absolute atomic E-state index is 0.251. The molecule has 4 rings (SSSR count). The molecule has 0 saturated carbocycles. The molecule has 1 aliphatic carbocycles. The maximum atomic E-state index is 13.7. The van der Waals surface area contributed by atoms with Crippen molar-refractivity contribution >= 4 is 21.6 Å². The molecule has 0 bridgehead atoms. The van der Waals surface area contributed by atoms with Crippen LogP contribution in [-0.2, 0) is 19.0 Å². The van der Waals surface area contributed by atoms with Crippen molar-refractivity contribution in [2.24, 2.45) is 0 Å². The first kappa shape index (κ1) is 15.6. The lowest BCUT2D eigenvalue weighted by Crippen LogP contribution is -2.21. The summed E-state index contributed by atoms with van der Waals surface area (Å²) in [6.07, 6.45) is -1.83. The summed E-state index contributed by atoms with van der Waals surface area (Å²) in [5.74, 6) is 0. The minimum atomic E-state index is -4.45. The van der Waals surface area contributed by atoms with E-state index in [0.29, 0.717) is 29.8 Å². The molecule has 2 aromatic heterocycles. The average Bonchev–Trinajstić information content (AvgIpc) is 2.95. The average molecular weight is 396 g/mol. The van der Waals surface area contributed by atoms with Crippen LogP contribution >= 0.6 is 15.9 Å². The maximum absolute atomic E-state index is 13.7. The van der Waals surface area contributed by atoms with Gasteiger partial charge in [0.05, 0.1) is 5.69 Å².